The number of halogens is 1. The fraction of sp³-hybridized carbons (Fsp3) is 0.500. The summed E-state index contributed by atoms with van der Waals surface area (Å²) >= 11 is 5.78. The van der Waals surface area contributed by atoms with E-state index in [2.05, 4.69) is 10.2 Å². The van der Waals surface area contributed by atoms with Gasteiger partial charge in [0.25, 0.3) is 0 Å². The van der Waals surface area contributed by atoms with Crippen LogP contribution in [0.2, 0.25) is 5.02 Å². The minimum Gasteiger partial charge on any atom is -0.492 e. The zero-order valence-corrected chi connectivity index (χ0v) is 12.1. The molecule has 1 aliphatic rings. The van der Waals surface area contributed by atoms with Crippen LogP contribution in [0.4, 0.5) is 0 Å². The maximum Gasteiger partial charge on any atom is 0.234 e. The minimum absolute atomic E-state index is 0.0200. The third-order valence-electron chi connectivity index (χ3n) is 2.98. The standard InChI is InChI=1S/C14H19ClN2O3/c15-12-1-3-13(4-2-12)20-8-5-16-14(18)11-17-6-9-19-10-7-17/h1-4H,5-11H2,(H,16,18). The summed E-state index contributed by atoms with van der Waals surface area (Å²) in [5, 5.41) is 3.52. The van der Waals surface area contributed by atoms with Crippen molar-refractivity contribution in [3.63, 3.8) is 0 Å². The number of morpholine rings is 1. The molecular weight excluding hydrogens is 280 g/mol. The van der Waals surface area contributed by atoms with Gasteiger partial charge in [-0.25, -0.2) is 0 Å². The van der Waals surface area contributed by atoms with E-state index in [4.69, 9.17) is 21.1 Å². The number of nitrogens with zero attached hydrogens (tertiary/aromatic N) is 1. The van der Waals surface area contributed by atoms with E-state index >= 15 is 0 Å². The van der Waals surface area contributed by atoms with E-state index in [1.807, 2.05) is 0 Å². The molecule has 1 aromatic rings. The van der Waals surface area contributed by atoms with Crippen molar-refractivity contribution in [2.75, 3.05) is 46.0 Å². The van der Waals surface area contributed by atoms with Crippen LogP contribution in [0.1, 0.15) is 0 Å². The van der Waals surface area contributed by atoms with Crippen molar-refractivity contribution in [1.82, 2.24) is 10.2 Å². The number of carbonyl (C=O) groups excluding carboxylic acids is 1. The zero-order chi connectivity index (χ0) is 14.2. The third-order valence-corrected chi connectivity index (χ3v) is 3.23. The van der Waals surface area contributed by atoms with Crippen LogP contribution in [-0.2, 0) is 9.53 Å². The Bertz CT molecular complexity index is 419. The molecule has 0 radical (unpaired) electrons. The molecule has 0 bridgehead atoms. The van der Waals surface area contributed by atoms with Crippen LogP contribution in [0.25, 0.3) is 0 Å². The molecule has 20 heavy (non-hydrogen) atoms. The number of benzene rings is 1. The van der Waals surface area contributed by atoms with Crippen LogP contribution in [0.15, 0.2) is 24.3 Å². The summed E-state index contributed by atoms with van der Waals surface area (Å²) in [5.74, 6) is 0.767. The Balaban J connectivity index is 1.58. The fourth-order valence-electron chi connectivity index (χ4n) is 1.91. The number of hydrogen-bond donors (Lipinski definition) is 1. The van der Waals surface area contributed by atoms with Gasteiger partial charge in [0.1, 0.15) is 12.4 Å². The lowest BCUT2D eigenvalue weighted by atomic mass is 10.3. The molecule has 0 spiro atoms. The Kier molecular flexibility index (Phi) is 6.11. The van der Waals surface area contributed by atoms with Crippen LogP contribution in [0, 0.1) is 0 Å². The smallest absolute Gasteiger partial charge is 0.234 e. The second-order valence-corrected chi connectivity index (χ2v) is 4.98. The quantitative estimate of drug-likeness (QED) is 0.801. The predicted molar refractivity (Wildman–Crippen MR) is 77.2 cm³/mol. The lowest BCUT2D eigenvalue weighted by Gasteiger charge is -2.25. The van der Waals surface area contributed by atoms with E-state index in [9.17, 15) is 4.79 Å². The van der Waals surface area contributed by atoms with Gasteiger partial charge in [-0.1, -0.05) is 11.6 Å². The normalized spacial score (nSPS) is 15.8. The highest BCUT2D eigenvalue weighted by atomic mass is 35.5. The number of amides is 1. The Hall–Kier alpha value is -1.30. The Morgan fingerprint density at radius 3 is 2.70 bits per heavy atom. The van der Waals surface area contributed by atoms with Gasteiger partial charge in [0.15, 0.2) is 0 Å². The average molecular weight is 299 g/mol. The second kappa shape index (κ2) is 8.09. The molecule has 2 rings (SSSR count). The van der Waals surface area contributed by atoms with Gasteiger partial charge < -0.3 is 14.8 Å². The molecule has 1 heterocycles. The highest BCUT2D eigenvalue weighted by Crippen LogP contribution is 2.15. The first-order valence-electron chi connectivity index (χ1n) is 6.69. The van der Waals surface area contributed by atoms with Gasteiger partial charge in [-0.05, 0) is 24.3 Å². The monoisotopic (exact) mass is 298 g/mol. The maximum absolute atomic E-state index is 11.7. The highest BCUT2D eigenvalue weighted by molar-refractivity contribution is 6.30. The van der Waals surface area contributed by atoms with Crippen LogP contribution < -0.4 is 10.1 Å². The van der Waals surface area contributed by atoms with Crippen molar-refractivity contribution < 1.29 is 14.3 Å². The Morgan fingerprint density at radius 1 is 1.30 bits per heavy atom. The van der Waals surface area contributed by atoms with E-state index in [1.54, 1.807) is 24.3 Å². The molecule has 1 aliphatic heterocycles. The summed E-state index contributed by atoms with van der Waals surface area (Å²) in [6.45, 7) is 4.38. The summed E-state index contributed by atoms with van der Waals surface area (Å²) in [4.78, 5) is 13.8. The minimum atomic E-state index is 0.0200. The molecule has 6 heteroatoms. The predicted octanol–water partition coefficient (Wildman–Crippen LogP) is 1.17. The van der Waals surface area contributed by atoms with Crippen molar-refractivity contribution in [2.45, 2.75) is 0 Å². The van der Waals surface area contributed by atoms with Gasteiger partial charge in [-0.2, -0.15) is 0 Å². The van der Waals surface area contributed by atoms with E-state index < -0.39 is 0 Å². The SMILES string of the molecule is O=C(CN1CCOCC1)NCCOc1ccc(Cl)cc1. The molecule has 0 aliphatic carbocycles. The zero-order valence-electron chi connectivity index (χ0n) is 11.3. The second-order valence-electron chi connectivity index (χ2n) is 4.54. The lowest BCUT2D eigenvalue weighted by Crippen LogP contribution is -2.43. The van der Waals surface area contributed by atoms with Gasteiger partial charge in [0.2, 0.25) is 5.91 Å². The van der Waals surface area contributed by atoms with E-state index in [0.717, 1.165) is 18.8 Å². The molecule has 110 valence electrons. The fourth-order valence-corrected chi connectivity index (χ4v) is 2.03. The van der Waals surface area contributed by atoms with Gasteiger partial charge in [0, 0.05) is 18.1 Å². The van der Waals surface area contributed by atoms with Gasteiger partial charge in [0.05, 0.1) is 26.3 Å². The first kappa shape index (κ1) is 15.1. The molecule has 0 saturated carbocycles. The summed E-state index contributed by atoms with van der Waals surface area (Å²) in [6.07, 6.45) is 0. The first-order valence-corrected chi connectivity index (χ1v) is 7.07. The molecule has 0 unspecified atom stereocenters. The molecule has 1 N–H and O–H groups in total. The van der Waals surface area contributed by atoms with Gasteiger partial charge in [-0.3, -0.25) is 9.69 Å². The summed E-state index contributed by atoms with van der Waals surface area (Å²) < 4.78 is 10.7. The molecule has 1 aromatic carbocycles. The van der Waals surface area contributed by atoms with Gasteiger partial charge in [-0.15, -0.1) is 0 Å². The van der Waals surface area contributed by atoms with Crippen LogP contribution in [0.3, 0.4) is 0 Å². The molecule has 1 amide bonds. The van der Waals surface area contributed by atoms with E-state index in [1.165, 1.54) is 0 Å². The maximum atomic E-state index is 11.7. The average Bonchev–Trinajstić information content (AvgIpc) is 2.46. The molecule has 1 fully saturated rings. The lowest BCUT2D eigenvalue weighted by molar-refractivity contribution is -0.123. The topological polar surface area (TPSA) is 50.8 Å². The number of ether oxygens (including phenoxy) is 2. The van der Waals surface area contributed by atoms with Crippen molar-refractivity contribution in [1.29, 1.82) is 0 Å². The number of hydrogen-bond acceptors (Lipinski definition) is 4. The number of rotatable bonds is 6. The van der Waals surface area contributed by atoms with Crippen molar-refractivity contribution >= 4 is 17.5 Å². The summed E-state index contributed by atoms with van der Waals surface area (Å²) in [6, 6.07) is 7.15. The first-order chi connectivity index (χ1) is 9.74. The third kappa shape index (κ3) is 5.36. The van der Waals surface area contributed by atoms with E-state index in [-0.39, 0.29) is 5.91 Å². The molecule has 0 atom stereocenters. The number of carbonyl (C=O) groups is 1. The largest absolute Gasteiger partial charge is 0.492 e. The number of nitrogens with one attached hydrogen (secondary N) is 1. The van der Waals surface area contributed by atoms with Crippen molar-refractivity contribution in [2.24, 2.45) is 0 Å². The van der Waals surface area contributed by atoms with Crippen LogP contribution in [-0.4, -0.2) is 56.8 Å². The Morgan fingerprint density at radius 2 is 2.00 bits per heavy atom. The summed E-state index contributed by atoms with van der Waals surface area (Å²) in [7, 11) is 0. The molecule has 1 saturated heterocycles. The molecule has 5 nitrogen and oxygen atoms in total. The van der Waals surface area contributed by atoms with Crippen molar-refractivity contribution in [3.8, 4) is 5.75 Å². The van der Waals surface area contributed by atoms with Crippen LogP contribution in [0.5, 0.6) is 5.75 Å². The van der Waals surface area contributed by atoms with Gasteiger partial charge >= 0.3 is 0 Å². The Labute approximate surface area is 123 Å². The van der Waals surface area contributed by atoms with Crippen LogP contribution >= 0.6 is 11.6 Å². The van der Waals surface area contributed by atoms with Crippen molar-refractivity contribution in [3.05, 3.63) is 29.3 Å². The summed E-state index contributed by atoms with van der Waals surface area (Å²) in [5.41, 5.74) is 0. The molecular formula is C14H19ClN2O3. The van der Waals surface area contributed by atoms with E-state index in [0.29, 0.717) is 37.9 Å². The highest BCUT2D eigenvalue weighted by Gasteiger charge is 2.13. The molecule has 0 aromatic heterocycles.